The van der Waals surface area contributed by atoms with Crippen LogP contribution in [0.1, 0.15) is 20.1 Å². The maximum absolute atomic E-state index is 12.4. The highest BCUT2D eigenvalue weighted by Crippen LogP contribution is 2.50. The third-order valence-electron chi connectivity index (χ3n) is 5.65. The summed E-state index contributed by atoms with van der Waals surface area (Å²) < 4.78 is 47.8. The molecule has 0 spiro atoms. The van der Waals surface area contributed by atoms with E-state index in [-0.39, 0.29) is 6.61 Å². The first-order chi connectivity index (χ1) is 15.8. The van der Waals surface area contributed by atoms with E-state index in [1.807, 2.05) is 44.2 Å². The van der Waals surface area contributed by atoms with Crippen molar-refractivity contribution in [2.75, 3.05) is 20.8 Å². The lowest BCUT2D eigenvalue weighted by atomic mass is 10.1. The summed E-state index contributed by atoms with van der Waals surface area (Å²) >= 11 is 0. The van der Waals surface area contributed by atoms with Crippen LogP contribution in [-0.2, 0) is 32.3 Å². The van der Waals surface area contributed by atoms with Gasteiger partial charge in [0.1, 0.15) is 35.8 Å². The van der Waals surface area contributed by atoms with Gasteiger partial charge in [0.15, 0.2) is 17.7 Å². The Labute approximate surface area is 190 Å². The minimum Gasteiger partial charge on any atom is -0.347 e. The van der Waals surface area contributed by atoms with E-state index in [0.29, 0.717) is 11.2 Å². The molecule has 0 unspecified atom stereocenters. The van der Waals surface area contributed by atoms with E-state index < -0.39 is 38.1 Å². The Bertz CT molecular complexity index is 1180. The molecule has 4 heterocycles. The number of aromatic nitrogens is 4. The highest BCUT2D eigenvalue weighted by molar-refractivity contribution is 7.48. The zero-order chi connectivity index (χ0) is 23.2. The molecular formula is C21H25N4O7P. The van der Waals surface area contributed by atoms with Crippen molar-refractivity contribution in [2.24, 2.45) is 0 Å². The summed E-state index contributed by atoms with van der Waals surface area (Å²) in [5, 5.41) is 0. The number of benzene rings is 1. The molecule has 33 heavy (non-hydrogen) atoms. The molecule has 12 heteroatoms. The minimum atomic E-state index is -3.68. The smallest absolute Gasteiger partial charge is 0.347 e. The SMILES string of the molecule is COP(=O)(OC)OC[C@H]1O[C@@H](n2cnc3c(-c4ccccc4)ncnc32)[C@@H]2OC(C)(C)O[C@@H]21. The summed E-state index contributed by atoms with van der Waals surface area (Å²) in [6.45, 7) is 3.58. The number of hydrogen-bond donors (Lipinski definition) is 0. The second kappa shape index (κ2) is 8.52. The molecule has 176 valence electrons. The van der Waals surface area contributed by atoms with E-state index in [0.717, 1.165) is 11.3 Å². The van der Waals surface area contributed by atoms with Gasteiger partial charge in [-0.15, -0.1) is 0 Å². The second-order valence-corrected chi connectivity index (χ2v) is 10.0. The van der Waals surface area contributed by atoms with Gasteiger partial charge in [-0.05, 0) is 13.8 Å². The van der Waals surface area contributed by atoms with Crippen molar-refractivity contribution < 1.29 is 32.3 Å². The fraction of sp³-hybridized carbons (Fsp3) is 0.476. The molecule has 4 atom stereocenters. The predicted octanol–water partition coefficient (Wildman–Crippen LogP) is 3.33. The fourth-order valence-corrected chi connectivity index (χ4v) is 4.90. The molecule has 11 nitrogen and oxygen atoms in total. The molecule has 2 aliphatic rings. The molecule has 2 saturated heterocycles. The third-order valence-corrected chi connectivity index (χ3v) is 7.01. The normalized spacial score (nSPS) is 26.7. The molecule has 0 saturated carbocycles. The Morgan fingerprint density at radius 3 is 2.52 bits per heavy atom. The zero-order valence-electron chi connectivity index (χ0n) is 18.7. The summed E-state index contributed by atoms with van der Waals surface area (Å²) in [5.74, 6) is -0.831. The number of phosphoric ester groups is 1. The average Bonchev–Trinajstić information content (AvgIpc) is 3.48. The molecule has 0 aliphatic carbocycles. The van der Waals surface area contributed by atoms with E-state index in [4.69, 9.17) is 27.8 Å². The van der Waals surface area contributed by atoms with Gasteiger partial charge in [-0.1, -0.05) is 30.3 Å². The maximum atomic E-state index is 12.4. The average molecular weight is 476 g/mol. The van der Waals surface area contributed by atoms with Gasteiger partial charge < -0.3 is 14.2 Å². The van der Waals surface area contributed by atoms with Crippen molar-refractivity contribution >= 4 is 19.0 Å². The van der Waals surface area contributed by atoms with Crippen molar-refractivity contribution in [1.82, 2.24) is 19.5 Å². The van der Waals surface area contributed by atoms with Crippen LogP contribution in [0.25, 0.3) is 22.4 Å². The molecule has 2 fully saturated rings. The monoisotopic (exact) mass is 476 g/mol. The number of fused-ring (bicyclic) bond motifs is 2. The van der Waals surface area contributed by atoms with Crippen molar-refractivity contribution in [2.45, 2.75) is 44.2 Å². The van der Waals surface area contributed by atoms with Crippen LogP contribution in [0.5, 0.6) is 0 Å². The Morgan fingerprint density at radius 1 is 1.06 bits per heavy atom. The first kappa shape index (κ1) is 22.5. The van der Waals surface area contributed by atoms with Crippen LogP contribution in [-0.4, -0.2) is 64.4 Å². The lowest BCUT2D eigenvalue weighted by molar-refractivity contribution is -0.199. The summed E-state index contributed by atoms with van der Waals surface area (Å²) in [7, 11) is -1.17. The highest BCUT2D eigenvalue weighted by Gasteiger charge is 2.56. The van der Waals surface area contributed by atoms with Crippen LogP contribution in [0.3, 0.4) is 0 Å². The van der Waals surface area contributed by atoms with E-state index >= 15 is 0 Å². The Hall–Kier alpha value is -2.24. The summed E-state index contributed by atoms with van der Waals surface area (Å²) in [6, 6.07) is 9.77. The van der Waals surface area contributed by atoms with Gasteiger partial charge in [-0.3, -0.25) is 18.1 Å². The topological polar surface area (TPSA) is 116 Å². The lowest BCUT2D eigenvalue weighted by Gasteiger charge is -2.25. The number of imidazole rings is 1. The van der Waals surface area contributed by atoms with Gasteiger partial charge in [0.05, 0.1) is 12.9 Å². The van der Waals surface area contributed by atoms with E-state index in [2.05, 4.69) is 15.0 Å². The van der Waals surface area contributed by atoms with E-state index in [9.17, 15) is 4.57 Å². The van der Waals surface area contributed by atoms with Gasteiger partial charge >= 0.3 is 7.82 Å². The van der Waals surface area contributed by atoms with Crippen molar-refractivity contribution in [1.29, 1.82) is 0 Å². The van der Waals surface area contributed by atoms with Crippen LogP contribution in [0.15, 0.2) is 43.0 Å². The van der Waals surface area contributed by atoms with Gasteiger partial charge in [0, 0.05) is 19.8 Å². The van der Waals surface area contributed by atoms with Crippen LogP contribution in [0.2, 0.25) is 0 Å². The molecular weight excluding hydrogens is 451 g/mol. The van der Waals surface area contributed by atoms with Gasteiger partial charge in [-0.2, -0.15) is 0 Å². The fourth-order valence-electron chi connectivity index (χ4n) is 4.21. The van der Waals surface area contributed by atoms with Crippen LogP contribution >= 0.6 is 7.82 Å². The minimum absolute atomic E-state index is 0.0764. The van der Waals surface area contributed by atoms with Gasteiger partial charge in [0.25, 0.3) is 0 Å². The molecule has 0 amide bonds. The molecule has 2 aromatic heterocycles. The lowest BCUT2D eigenvalue weighted by Crippen LogP contribution is -2.32. The zero-order valence-corrected chi connectivity index (χ0v) is 19.5. The number of ether oxygens (including phenoxy) is 3. The molecule has 2 aliphatic heterocycles. The van der Waals surface area contributed by atoms with Crippen molar-refractivity contribution in [3.05, 3.63) is 43.0 Å². The van der Waals surface area contributed by atoms with Crippen molar-refractivity contribution in [3.63, 3.8) is 0 Å². The number of hydrogen-bond acceptors (Lipinski definition) is 10. The number of nitrogens with zero attached hydrogens (tertiary/aromatic N) is 4. The van der Waals surface area contributed by atoms with Crippen LogP contribution in [0, 0.1) is 0 Å². The largest absolute Gasteiger partial charge is 0.474 e. The van der Waals surface area contributed by atoms with Gasteiger partial charge in [-0.25, -0.2) is 19.5 Å². The second-order valence-electron chi connectivity index (χ2n) is 8.15. The Balaban J connectivity index is 1.48. The first-order valence-corrected chi connectivity index (χ1v) is 11.9. The highest BCUT2D eigenvalue weighted by atomic mass is 31.2. The third kappa shape index (κ3) is 4.10. The van der Waals surface area contributed by atoms with Gasteiger partial charge in [0.2, 0.25) is 0 Å². The number of rotatable bonds is 7. The molecule has 0 bridgehead atoms. The maximum Gasteiger partial charge on any atom is 0.474 e. The Morgan fingerprint density at radius 2 is 1.79 bits per heavy atom. The first-order valence-electron chi connectivity index (χ1n) is 10.4. The predicted molar refractivity (Wildman–Crippen MR) is 116 cm³/mol. The van der Waals surface area contributed by atoms with Crippen LogP contribution in [0.4, 0.5) is 0 Å². The van der Waals surface area contributed by atoms with E-state index in [1.165, 1.54) is 20.5 Å². The Kier molecular flexibility index (Phi) is 5.82. The van der Waals surface area contributed by atoms with E-state index in [1.54, 1.807) is 10.9 Å². The summed E-state index contributed by atoms with van der Waals surface area (Å²) in [6.07, 6.45) is 1.03. The molecule has 0 radical (unpaired) electrons. The summed E-state index contributed by atoms with van der Waals surface area (Å²) in [5.41, 5.74) is 2.90. The quantitative estimate of drug-likeness (QED) is 0.470. The van der Waals surface area contributed by atoms with Crippen LogP contribution < -0.4 is 0 Å². The summed E-state index contributed by atoms with van der Waals surface area (Å²) in [4.78, 5) is 13.5. The number of phosphoric acid groups is 1. The van der Waals surface area contributed by atoms with Crippen molar-refractivity contribution in [3.8, 4) is 11.3 Å². The molecule has 5 rings (SSSR count). The standard InChI is InChI=1S/C21H25N4O7P/c1-21(2)31-17-14(10-29-33(26,27-3)28-4)30-20(18(17)32-21)25-12-24-16-15(22-11-23-19(16)25)13-8-6-5-7-9-13/h5-9,11-12,14,17-18,20H,10H2,1-4H3/t14-,17-,18-,20-/m1/s1. The molecule has 0 N–H and O–H groups in total. The molecule has 3 aromatic rings. The molecule has 1 aromatic carbocycles.